The second kappa shape index (κ2) is 5.59. The molecule has 0 amide bonds. The van der Waals surface area contributed by atoms with Gasteiger partial charge in [-0.1, -0.05) is 11.6 Å². The summed E-state index contributed by atoms with van der Waals surface area (Å²) in [6, 6.07) is 5.85. The number of imidazole rings is 1. The summed E-state index contributed by atoms with van der Waals surface area (Å²) in [6.45, 7) is 0.0377. The highest BCUT2D eigenvalue weighted by atomic mass is 35.5. The van der Waals surface area contributed by atoms with Gasteiger partial charge in [-0.05, 0) is 12.1 Å². The number of benzene rings is 1. The van der Waals surface area contributed by atoms with Crippen LogP contribution in [0.3, 0.4) is 0 Å². The summed E-state index contributed by atoms with van der Waals surface area (Å²) >= 11 is 5.83. The summed E-state index contributed by atoms with van der Waals surface area (Å²) in [5.41, 5.74) is -0.0616. The average Bonchev–Trinajstić information content (AvgIpc) is 2.76. The third kappa shape index (κ3) is 2.70. The van der Waals surface area contributed by atoms with Gasteiger partial charge in [0, 0.05) is 13.1 Å². The van der Waals surface area contributed by atoms with Crippen LogP contribution in [0.2, 0.25) is 5.15 Å². The van der Waals surface area contributed by atoms with Gasteiger partial charge in [-0.2, -0.15) is 5.26 Å². The van der Waals surface area contributed by atoms with Gasteiger partial charge in [0.1, 0.15) is 17.6 Å². The molecule has 0 atom stereocenters. The maximum absolute atomic E-state index is 10.9. The van der Waals surface area contributed by atoms with Crippen LogP contribution in [0.5, 0.6) is 5.75 Å². The molecule has 0 aliphatic carbocycles. The number of hydrogen-bond donors (Lipinski definition) is 0. The molecule has 1 heterocycles. The Balaban J connectivity index is 2.23. The van der Waals surface area contributed by atoms with Gasteiger partial charge in [0.15, 0.2) is 5.75 Å². The van der Waals surface area contributed by atoms with E-state index in [4.69, 9.17) is 21.6 Å². The topological polar surface area (TPSA) is 94.0 Å². The van der Waals surface area contributed by atoms with Crippen LogP contribution >= 0.6 is 11.6 Å². The number of hydrogen-bond acceptors (Lipinski definition) is 5. The van der Waals surface area contributed by atoms with Gasteiger partial charge in [0.05, 0.1) is 22.8 Å². The van der Waals surface area contributed by atoms with Crippen LogP contribution in [0.15, 0.2) is 24.4 Å². The molecule has 1 aromatic heterocycles. The maximum atomic E-state index is 10.9. The summed E-state index contributed by atoms with van der Waals surface area (Å²) in [5.74, 6) is 0.613. The molecule has 0 fully saturated rings. The van der Waals surface area contributed by atoms with Crippen molar-refractivity contribution in [2.75, 3.05) is 0 Å². The molecule has 0 N–H and O–H groups in total. The Kier molecular flexibility index (Phi) is 3.86. The molecular weight excluding hydrogens is 284 g/mol. The third-order valence-corrected chi connectivity index (χ3v) is 3.02. The standard InChI is InChI=1S/C12H9ClN4O3/c1-16-11(13)6-15-12(16)7-20-10-3-2-8(5-14)4-9(10)17(18)19/h2-4,6H,7H2,1H3. The molecule has 1 aromatic carbocycles. The molecule has 7 nitrogen and oxygen atoms in total. The number of halogens is 1. The van der Waals surface area contributed by atoms with Gasteiger partial charge in [-0.25, -0.2) is 4.98 Å². The van der Waals surface area contributed by atoms with E-state index >= 15 is 0 Å². The lowest BCUT2D eigenvalue weighted by Gasteiger charge is -2.07. The van der Waals surface area contributed by atoms with Crippen LogP contribution in [-0.4, -0.2) is 14.5 Å². The Hall–Kier alpha value is -2.59. The van der Waals surface area contributed by atoms with Crippen LogP contribution in [-0.2, 0) is 13.7 Å². The Morgan fingerprint density at radius 2 is 2.35 bits per heavy atom. The fourth-order valence-electron chi connectivity index (χ4n) is 1.55. The lowest BCUT2D eigenvalue weighted by atomic mass is 10.2. The Morgan fingerprint density at radius 3 is 2.90 bits per heavy atom. The fraction of sp³-hybridized carbons (Fsp3) is 0.167. The highest BCUT2D eigenvalue weighted by molar-refractivity contribution is 6.29. The molecule has 20 heavy (non-hydrogen) atoms. The highest BCUT2D eigenvalue weighted by Gasteiger charge is 2.17. The first-order valence-electron chi connectivity index (χ1n) is 5.50. The minimum atomic E-state index is -0.596. The first-order chi connectivity index (χ1) is 9.52. The lowest BCUT2D eigenvalue weighted by Crippen LogP contribution is -2.05. The number of rotatable bonds is 4. The number of ether oxygens (including phenoxy) is 1. The second-order valence-corrected chi connectivity index (χ2v) is 4.28. The Morgan fingerprint density at radius 1 is 1.60 bits per heavy atom. The largest absolute Gasteiger partial charge is 0.479 e. The fourth-order valence-corrected chi connectivity index (χ4v) is 1.70. The van der Waals surface area contributed by atoms with E-state index in [0.29, 0.717) is 11.0 Å². The van der Waals surface area contributed by atoms with Crippen LogP contribution in [0.25, 0.3) is 0 Å². The molecule has 0 bridgehead atoms. The van der Waals surface area contributed by atoms with Crippen LogP contribution in [0, 0.1) is 21.4 Å². The number of nitriles is 1. The summed E-state index contributed by atoms with van der Waals surface area (Å²) in [5, 5.41) is 20.1. The molecule has 0 saturated carbocycles. The minimum Gasteiger partial charge on any atom is -0.479 e. The van der Waals surface area contributed by atoms with Crippen molar-refractivity contribution in [3.05, 3.63) is 51.1 Å². The van der Waals surface area contributed by atoms with E-state index in [1.807, 2.05) is 6.07 Å². The van der Waals surface area contributed by atoms with Gasteiger partial charge in [0.25, 0.3) is 0 Å². The van der Waals surface area contributed by atoms with Crippen molar-refractivity contribution in [1.29, 1.82) is 5.26 Å². The van der Waals surface area contributed by atoms with E-state index < -0.39 is 4.92 Å². The van der Waals surface area contributed by atoms with E-state index in [0.717, 1.165) is 0 Å². The van der Waals surface area contributed by atoms with Crippen molar-refractivity contribution < 1.29 is 9.66 Å². The molecule has 0 spiro atoms. The maximum Gasteiger partial charge on any atom is 0.312 e. The number of aromatic nitrogens is 2. The van der Waals surface area contributed by atoms with E-state index in [2.05, 4.69) is 4.98 Å². The van der Waals surface area contributed by atoms with Crippen molar-refractivity contribution >= 4 is 17.3 Å². The molecule has 0 aliphatic heterocycles. The predicted molar refractivity (Wildman–Crippen MR) is 70.4 cm³/mol. The third-order valence-electron chi connectivity index (χ3n) is 2.67. The zero-order chi connectivity index (χ0) is 14.7. The van der Waals surface area contributed by atoms with Gasteiger partial charge in [-0.15, -0.1) is 0 Å². The quantitative estimate of drug-likeness (QED) is 0.637. The molecule has 0 unspecified atom stereocenters. The normalized spacial score (nSPS) is 10.1. The van der Waals surface area contributed by atoms with Crippen molar-refractivity contribution in [3.63, 3.8) is 0 Å². The molecule has 0 aliphatic rings. The lowest BCUT2D eigenvalue weighted by molar-refractivity contribution is -0.386. The van der Waals surface area contributed by atoms with Crippen molar-refractivity contribution in [2.45, 2.75) is 6.61 Å². The summed E-state index contributed by atoms with van der Waals surface area (Å²) < 4.78 is 6.99. The van der Waals surface area contributed by atoms with E-state index in [1.54, 1.807) is 11.6 Å². The minimum absolute atomic E-state index is 0.0377. The van der Waals surface area contributed by atoms with Gasteiger partial charge in [0.2, 0.25) is 0 Å². The summed E-state index contributed by atoms with van der Waals surface area (Å²) in [7, 11) is 1.71. The van der Waals surface area contributed by atoms with Gasteiger partial charge >= 0.3 is 5.69 Å². The Bertz CT molecular complexity index is 705. The van der Waals surface area contributed by atoms with Crippen LogP contribution < -0.4 is 4.74 Å². The molecule has 102 valence electrons. The molecule has 2 aromatic rings. The molecule has 0 radical (unpaired) electrons. The first-order valence-corrected chi connectivity index (χ1v) is 5.88. The molecule has 0 saturated heterocycles. The van der Waals surface area contributed by atoms with Crippen molar-refractivity contribution in [2.24, 2.45) is 7.05 Å². The highest BCUT2D eigenvalue weighted by Crippen LogP contribution is 2.28. The molecule has 8 heteroatoms. The second-order valence-electron chi connectivity index (χ2n) is 3.90. The van der Waals surface area contributed by atoms with Crippen LogP contribution in [0.1, 0.15) is 11.4 Å². The van der Waals surface area contributed by atoms with Crippen molar-refractivity contribution in [1.82, 2.24) is 9.55 Å². The first kappa shape index (κ1) is 13.8. The summed E-state index contributed by atoms with van der Waals surface area (Å²) in [6.07, 6.45) is 1.47. The van der Waals surface area contributed by atoms with E-state index in [1.165, 1.54) is 24.4 Å². The molecule has 2 rings (SSSR count). The van der Waals surface area contributed by atoms with Crippen molar-refractivity contribution in [3.8, 4) is 11.8 Å². The molecular formula is C12H9ClN4O3. The summed E-state index contributed by atoms with van der Waals surface area (Å²) in [4.78, 5) is 14.4. The Labute approximate surface area is 119 Å². The average molecular weight is 293 g/mol. The number of nitro groups is 1. The monoisotopic (exact) mass is 292 g/mol. The SMILES string of the molecule is Cn1c(Cl)cnc1COc1ccc(C#N)cc1[N+](=O)[O-]. The number of nitrogens with zero attached hydrogens (tertiary/aromatic N) is 4. The van der Waals surface area contributed by atoms with Gasteiger partial charge < -0.3 is 9.30 Å². The van der Waals surface area contributed by atoms with Crippen LogP contribution in [0.4, 0.5) is 5.69 Å². The number of nitro benzene ring substituents is 1. The van der Waals surface area contributed by atoms with E-state index in [-0.39, 0.29) is 23.6 Å². The zero-order valence-electron chi connectivity index (χ0n) is 10.4. The smallest absolute Gasteiger partial charge is 0.312 e. The zero-order valence-corrected chi connectivity index (χ0v) is 11.2. The van der Waals surface area contributed by atoms with E-state index in [9.17, 15) is 10.1 Å². The van der Waals surface area contributed by atoms with Gasteiger partial charge in [-0.3, -0.25) is 10.1 Å². The predicted octanol–water partition coefficient (Wildman–Crippen LogP) is 2.43.